The van der Waals surface area contributed by atoms with Crippen molar-refractivity contribution >= 4 is 11.7 Å². The second kappa shape index (κ2) is 7.30. The van der Waals surface area contributed by atoms with Crippen molar-refractivity contribution in [3.8, 4) is 0 Å². The molecule has 8 heteroatoms. The van der Waals surface area contributed by atoms with E-state index in [0.717, 1.165) is 44.4 Å². The average Bonchev–Trinajstić information content (AvgIpc) is 3.11. The Morgan fingerprint density at radius 1 is 1.15 bits per heavy atom. The number of nitrogens with zero attached hydrogens (tertiary/aromatic N) is 3. The number of ether oxygens (including phenoxy) is 1. The summed E-state index contributed by atoms with van der Waals surface area (Å²) in [5.41, 5.74) is -0.684. The van der Waals surface area contributed by atoms with Gasteiger partial charge in [-0.05, 0) is 43.7 Å². The highest BCUT2D eigenvalue weighted by molar-refractivity contribution is 5.79. The van der Waals surface area contributed by atoms with Gasteiger partial charge < -0.3 is 14.5 Å². The fourth-order valence-corrected chi connectivity index (χ4v) is 4.57. The molecule has 0 aromatic carbocycles. The number of carbonyl (C=O) groups is 1. The van der Waals surface area contributed by atoms with Crippen LogP contribution in [0.4, 0.5) is 19.0 Å². The highest BCUT2D eigenvalue weighted by atomic mass is 19.4. The maximum atomic E-state index is 13.0. The number of hydrogen-bond donors (Lipinski definition) is 0. The normalized spacial score (nSPS) is 26.9. The van der Waals surface area contributed by atoms with Crippen LogP contribution < -0.4 is 4.90 Å². The molecule has 3 aliphatic heterocycles. The molecule has 3 saturated heterocycles. The van der Waals surface area contributed by atoms with Crippen molar-refractivity contribution in [1.29, 1.82) is 0 Å². The number of anilines is 1. The maximum Gasteiger partial charge on any atom is 0.416 e. The number of hydrogen-bond acceptors (Lipinski definition) is 4. The van der Waals surface area contributed by atoms with Crippen molar-refractivity contribution in [2.24, 2.45) is 11.8 Å². The van der Waals surface area contributed by atoms with E-state index in [2.05, 4.69) is 4.98 Å². The maximum absolute atomic E-state index is 13.0. The molecule has 0 bridgehead atoms. The van der Waals surface area contributed by atoms with Crippen LogP contribution in [0.15, 0.2) is 18.3 Å². The van der Waals surface area contributed by atoms with E-state index < -0.39 is 11.7 Å². The number of likely N-dealkylation sites (tertiary alicyclic amines) is 1. The third-order valence-electron chi connectivity index (χ3n) is 6.11. The van der Waals surface area contributed by atoms with Gasteiger partial charge >= 0.3 is 6.18 Å². The standard InChI is InChI=1S/C19H24F3N3O2/c20-19(21,22)15-1-6-23-17(11-15)24-7-2-13-3-8-25(16(13)12-24)18(26)14-4-9-27-10-5-14/h1,6,11,13-14,16H,2-5,7-10,12H2. The van der Waals surface area contributed by atoms with Gasteiger partial charge in [0.25, 0.3) is 0 Å². The van der Waals surface area contributed by atoms with E-state index in [0.29, 0.717) is 38.0 Å². The van der Waals surface area contributed by atoms with Gasteiger partial charge in [-0.1, -0.05) is 0 Å². The fraction of sp³-hybridized carbons (Fsp3) is 0.684. The van der Waals surface area contributed by atoms with E-state index in [1.807, 2.05) is 9.80 Å². The summed E-state index contributed by atoms with van der Waals surface area (Å²) in [4.78, 5) is 21.0. The van der Waals surface area contributed by atoms with Gasteiger partial charge in [0.1, 0.15) is 5.82 Å². The van der Waals surface area contributed by atoms with Gasteiger partial charge in [0, 0.05) is 45.0 Å². The number of aromatic nitrogens is 1. The SMILES string of the molecule is O=C(C1CCOCC1)N1CCC2CCN(c3cc(C(F)(F)F)ccn3)CC21. The molecular weight excluding hydrogens is 359 g/mol. The van der Waals surface area contributed by atoms with Crippen LogP contribution in [-0.2, 0) is 15.7 Å². The monoisotopic (exact) mass is 383 g/mol. The summed E-state index contributed by atoms with van der Waals surface area (Å²) in [5, 5.41) is 0. The minimum Gasteiger partial charge on any atom is -0.381 e. The van der Waals surface area contributed by atoms with Crippen LogP contribution in [0.3, 0.4) is 0 Å². The zero-order chi connectivity index (χ0) is 19.0. The molecule has 0 radical (unpaired) electrons. The average molecular weight is 383 g/mol. The first kappa shape index (κ1) is 18.5. The summed E-state index contributed by atoms with van der Waals surface area (Å²) in [7, 11) is 0. The van der Waals surface area contributed by atoms with Crippen LogP contribution in [0.1, 0.15) is 31.2 Å². The number of halogens is 3. The lowest BCUT2D eigenvalue weighted by atomic mass is 9.91. The summed E-state index contributed by atoms with van der Waals surface area (Å²) in [5.74, 6) is 0.966. The molecule has 4 rings (SSSR count). The zero-order valence-corrected chi connectivity index (χ0v) is 15.1. The Hall–Kier alpha value is -1.83. The molecule has 3 aliphatic rings. The largest absolute Gasteiger partial charge is 0.416 e. The lowest BCUT2D eigenvalue weighted by molar-refractivity contribution is -0.139. The quantitative estimate of drug-likeness (QED) is 0.788. The van der Waals surface area contributed by atoms with E-state index in [9.17, 15) is 18.0 Å². The summed E-state index contributed by atoms with van der Waals surface area (Å²) in [6, 6.07) is 2.16. The van der Waals surface area contributed by atoms with Gasteiger partial charge in [0.05, 0.1) is 11.6 Å². The highest BCUT2D eigenvalue weighted by Crippen LogP contribution is 2.36. The van der Waals surface area contributed by atoms with E-state index in [1.54, 1.807) is 0 Å². The molecule has 1 amide bonds. The van der Waals surface area contributed by atoms with Crippen molar-refractivity contribution in [2.75, 3.05) is 37.7 Å². The van der Waals surface area contributed by atoms with Crippen molar-refractivity contribution in [2.45, 2.75) is 37.9 Å². The molecule has 27 heavy (non-hydrogen) atoms. The first-order valence-electron chi connectivity index (χ1n) is 9.60. The topological polar surface area (TPSA) is 45.7 Å². The highest BCUT2D eigenvalue weighted by Gasteiger charge is 2.43. The van der Waals surface area contributed by atoms with Gasteiger partial charge in [0.15, 0.2) is 0 Å². The molecule has 5 nitrogen and oxygen atoms in total. The second-order valence-corrected chi connectivity index (χ2v) is 7.67. The molecule has 0 aliphatic carbocycles. The number of alkyl halides is 3. The van der Waals surface area contributed by atoms with Gasteiger partial charge in [-0.15, -0.1) is 0 Å². The molecule has 4 heterocycles. The zero-order valence-electron chi connectivity index (χ0n) is 15.1. The molecule has 1 aromatic heterocycles. The third-order valence-corrected chi connectivity index (χ3v) is 6.11. The Bertz CT molecular complexity index is 691. The van der Waals surface area contributed by atoms with Crippen LogP contribution >= 0.6 is 0 Å². The Morgan fingerprint density at radius 2 is 1.89 bits per heavy atom. The molecule has 0 spiro atoms. The summed E-state index contributed by atoms with van der Waals surface area (Å²) in [6.07, 6.45) is 0.194. The van der Waals surface area contributed by atoms with E-state index in [4.69, 9.17) is 4.74 Å². The molecule has 0 N–H and O–H groups in total. The Morgan fingerprint density at radius 3 is 2.63 bits per heavy atom. The Labute approximate surface area is 156 Å². The smallest absolute Gasteiger partial charge is 0.381 e. The number of fused-ring (bicyclic) bond motifs is 1. The molecule has 0 saturated carbocycles. The molecule has 2 atom stereocenters. The summed E-state index contributed by atoms with van der Waals surface area (Å²) >= 11 is 0. The molecule has 3 fully saturated rings. The minimum atomic E-state index is -4.38. The first-order valence-corrected chi connectivity index (χ1v) is 9.60. The molecule has 1 aromatic rings. The number of piperidine rings is 1. The lowest BCUT2D eigenvalue weighted by Crippen LogP contribution is -2.51. The predicted molar refractivity (Wildman–Crippen MR) is 93.2 cm³/mol. The van der Waals surface area contributed by atoms with Gasteiger partial charge in [-0.25, -0.2) is 4.98 Å². The van der Waals surface area contributed by atoms with Gasteiger partial charge in [0.2, 0.25) is 5.91 Å². The summed E-state index contributed by atoms with van der Waals surface area (Å²) in [6.45, 7) is 3.22. The summed E-state index contributed by atoms with van der Waals surface area (Å²) < 4.78 is 44.4. The Balaban J connectivity index is 1.49. The van der Waals surface area contributed by atoms with Crippen molar-refractivity contribution in [3.05, 3.63) is 23.9 Å². The molecular formula is C19H24F3N3O2. The van der Waals surface area contributed by atoms with Crippen LogP contribution in [0.5, 0.6) is 0 Å². The molecule has 148 valence electrons. The number of carbonyl (C=O) groups excluding carboxylic acids is 1. The predicted octanol–water partition coefficient (Wildman–Crippen LogP) is 2.95. The van der Waals surface area contributed by atoms with E-state index in [-0.39, 0.29) is 17.9 Å². The Kier molecular flexibility index (Phi) is 5.01. The van der Waals surface area contributed by atoms with Crippen molar-refractivity contribution in [3.63, 3.8) is 0 Å². The first-order chi connectivity index (χ1) is 12.9. The number of amides is 1. The van der Waals surface area contributed by atoms with Crippen LogP contribution in [-0.4, -0.2) is 54.7 Å². The number of pyridine rings is 1. The lowest BCUT2D eigenvalue weighted by Gasteiger charge is -2.40. The van der Waals surface area contributed by atoms with Gasteiger partial charge in [-0.2, -0.15) is 13.2 Å². The van der Waals surface area contributed by atoms with Crippen molar-refractivity contribution < 1.29 is 22.7 Å². The fourth-order valence-electron chi connectivity index (χ4n) is 4.57. The van der Waals surface area contributed by atoms with E-state index >= 15 is 0 Å². The van der Waals surface area contributed by atoms with Gasteiger partial charge in [-0.3, -0.25) is 4.79 Å². The van der Waals surface area contributed by atoms with Crippen molar-refractivity contribution in [1.82, 2.24) is 9.88 Å². The third kappa shape index (κ3) is 3.77. The minimum absolute atomic E-state index is 0.0135. The van der Waals surface area contributed by atoms with Crippen LogP contribution in [0.25, 0.3) is 0 Å². The van der Waals surface area contributed by atoms with Crippen LogP contribution in [0.2, 0.25) is 0 Å². The van der Waals surface area contributed by atoms with E-state index in [1.165, 1.54) is 6.20 Å². The number of rotatable bonds is 2. The second-order valence-electron chi connectivity index (χ2n) is 7.67. The molecule has 2 unspecified atom stereocenters. The van der Waals surface area contributed by atoms with Crippen LogP contribution in [0, 0.1) is 11.8 Å².